The Hall–Kier alpha value is -4.48. The average molecular weight is 486 g/mol. The minimum absolute atomic E-state index is 0.0101. The number of aromatic nitrogens is 11. The maximum absolute atomic E-state index is 13.7. The smallest absolute Gasteiger partial charge is 0.291 e. The van der Waals surface area contributed by atoms with Crippen molar-refractivity contribution < 1.29 is 0 Å². The first kappa shape index (κ1) is 23.3. The average Bonchev–Trinajstić information content (AvgIpc) is 3.65. The summed E-state index contributed by atoms with van der Waals surface area (Å²) in [4.78, 5) is 18.1. The number of H-pyrrole nitrogens is 1. The van der Waals surface area contributed by atoms with Crippen LogP contribution in [0.5, 0.6) is 0 Å². The van der Waals surface area contributed by atoms with Crippen molar-refractivity contribution in [1.29, 1.82) is 0 Å². The summed E-state index contributed by atoms with van der Waals surface area (Å²) in [5, 5.41) is 26.5. The molecular formula is C24H27N11O. The molecule has 4 heterocycles. The van der Waals surface area contributed by atoms with Gasteiger partial charge < -0.3 is 0 Å². The molecule has 1 aromatic carbocycles. The highest BCUT2D eigenvalue weighted by Gasteiger charge is 2.20. The van der Waals surface area contributed by atoms with Crippen LogP contribution in [-0.2, 0) is 13.0 Å². The Labute approximate surface area is 207 Å². The lowest BCUT2D eigenvalue weighted by molar-refractivity contribution is 0.502. The lowest BCUT2D eigenvalue weighted by Gasteiger charge is -2.13. The SMILES string of the molecule is CCCCc1cn(-c2nnnn2C(C)C)c(=O)n1Cc1cnccc1-c1ccccc1-c1nn[nH]n1. The Balaban J connectivity index is 1.61. The van der Waals surface area contributed by atoms with Gasteiger partial charge in [-0.05, 0) is 65.1 Å². The molecule has 0 spiro atoms. The molecule has 0 atom stereocenters. The van der Waals surface area contributed by atoms with Gasteiger partial charge in [0, 0.05) is 29.8 Å². The van der Waals surface area contributed by atoms with Gasteiger partial charge in [-0.1, -0.05) is 42.7 Å². The van der Waals surface area contributed by atoms with E-state index in [1.165, 1.54) is 4.57 Å². The molecule has 0 radical (unpaired) electrons. The van der Waals surface area contributed by atoms with E-state index in [0.29, 0.717) is 18.3 Å². The number of rotatable bonds is 9. The quantitative estimate of drug-likeness (QED) is 0.336. The molecule has 12 heteroatoms. The lowest BCUT2D eigenvalue weighted by atomic mass is 9.96. The van der Waals surface area contributed by atoms with Gasteiger partial charge in [0.25, 0.3) is 5.95 Å². The van der Waals surface area contributed by atoms with Gasteiger partial charge in [0.15, 0.2) is 0 Å². The number of nitrogens with one attached hydrogen (secondary N) is 1. The van der Waals surface area contributed by atoms with Crippen LogP contribution in [0.2, 0.25) is 0 Å². The normalized spacial score (nSPS) is 11.4. The third kappa shape index (κ3) is 4.32. The van der Waals surface area contributed by atoms with Crippen LogP contribution in [0.25, 0.3) is 28.5 Å². The minimum Gasteiger partial charge on any atom is -0.291 e. The third-order valence-corrected chi connectivity index (χ3v) is 6.06. The molecule has 0 aliphatic carbocycles. The van der Waals surface area contributed by atoms with Crippen LogP contribution in [0.1, 0.15) is 50.9 Å². The summed E-state index contributed by atoms with van der Waals surface area (Å²) in [5.74, 6) is 0.904. The number of hydrogen-bond acceptors (Lipinski definition) is 8. The Morgan fingerprint density at radius 1 is 1.06 bits per heavy atom. The van der Waals surface area contributed by atoms with Gasteiger partial charge in [0.1, 0.15) is 0 Å². The Kier molecular flexibility index (Phi) is 6.48. The number of hydrogen-bond donors (Lipinski definition) is 1. The van der Waals surface area contributed by atoms with Gasteiger partial charge >= 0.3 is 5.69 Å². The fourth-order valence-electron chi connectivity index (χ4n) is 4.25. The van der Waals surface area contributed by atoms with Crippen molar-refractivity contribution in [3.63, 3.8) is 0 Å². The van der Waals surface area contributed by atoms with E-state index in [4.69, 9.17) is 0 Å². The Morgan fingerprint density at radius 3 is 2.64 bits per heavy atom. The highest BCUT2D eigenvalue weighted by Crippen LogP contribution is 2.32. The highest BCUT2D eigenvalue weighted by atomic mass is 16.2. The molecule has 5 aromatic rings. The molecule has 12 nitrogen and oxygen atoms in total. The maximum atomic E-state index is 13.7. The van der Waals surface area contributed by atoms with Crippen LogP contribution in [0.4, 0.5) is 0 Å². The van der Waals surface area contributed by atoms with Gasteiger partial charge in [-0.2, -0.15) is 5.21 Å². The van der Waals surface area contributed by atoms with Crippen LogP contribution >= 0.6 is 0 Å². The fraction of sp³-hybridized carbons (Fsp3) is 0.333. The van der Waals surface area contributed by atoms with Crippen LogP contribution in [-0.4, -0.2) is 54.9 Å². The molecule has 0 bridgehead atoms. The molecule has 0 fully saturated rings. The number of imidazole rings is 1. The van der Waals surface area contributed by atoms with Crippen molar-refractivity contribution in [1.82, 2.24) is 54.9 Å². The third-order valence-electron chi connectivity index (χ3n) is 6.06. The van der Waals surface area contributed by atoms with Gasteiger partial charge in [0.05, 0.1) is 12.6 Å². The second-order valence-electron chi connectivity index (χ2n) is 8.79. The number of tetrazole rings is 2. The molecular weight excluding hydrogens is 458 g/mol. The number of pyridine rings is 1. The van der Waals surface area contributed by atoms with Crippen LogP contribution in [0.3, 0.4) is 0 Å². The van der Waals surface area contributed by atoms with E-state index in [1.54, 1.807) is 21.6 Å². The van der Waals surface area contributed by atoms with Crippen molar-refractivity contribution in [2.45, 2.75) is 52.6 Å². The van der Waals surface area contributed by atoms with Gasteiger partial charge in [-0.15, -0.1) is 10.2 Å². The summed E-state index contributed by atoms with van der Waals surface area (Å²) in [5.41, 5.74) is 4.34. The zero-order valence-electron chi connectivity index (χ0n) is 20.4. The molecule has 0 unspecified atom stereocenters. The zero-order valence-corrected chi connectivity index (χ0v) is 20.4. The summed E-state index contributed by atoms with van der Waals surface area (Å²) in [6, 6.07) is 9.81. The van der Waals surface area contributed by atoms with Crippen molar-refractivity contribution in [2.75, 3.05) is 0 Å². The first-order valence-electron chi connectivity index (χ1n) is 11.9. The molecule has 36 heavy (non-hydrogen) atoms. The molecule has 0 saturated heterocycles. The fourth-order valence-corrected chi connectivity index (χ4v) is 4.25. The highest BCUT2D eigenvalue weighted by molar-refractivity contribution is 5.81. The van der Waals surface area contributed by atoms with E-state index in [2.05, 4.69) is 48.1 Å². The first-order chi connectivity index (χ1) is 17.6. The monoisotopic (exact) mass is 485 g/mol. The number of nitrogens with zero attached hydrogens (tertiary/aromatic N) is 10. The van der Waals surface area contributed by atoms with Crippen LogP contribution in [0.15, 0.2) is 53.7 Å². The summed E-state index contributed by atoms with van der Waals surface area (Å²) in [6.07, 6.45) is 8.13. The number of aromatic amines is 1. The van der Waals surface area contributed by atoms with Gasteiger partial charge in [-0.3, -0.25) is 9.55 Å². The standard InChI is InChI=1S/C24H27N11O/c1-4-5-8-18-15-34(23-28-31-32-35(23)16(2)3)24(36)33(18)14-17-13-25-12-11-19(17)20-9-6-7-10-21(20)22-26-29-30-27-22/h6-7,9-13,15-16H,4-5,8,14H2,1-3H3,(H,26,27,29,30). The molecule has 0 aliphatic heterocycles. The van der Waals surface area contributed by atoms with Crippen molar-refractivity contribution in [3.05, 3.63) is 70.7 Å². The first-order valence-corrected chi connectivity index (χ1v) is 11.9. The molecule has 0 aliphatic rings. The topological polar surface area (TPSA) is 138 Å². The second-order valence-corrected chi connectivity index (χ2v) is 8.79. The number of unbranched alkanes of at least 4 members (excludes halogenated alkanes) is 1. The van der Waals surface area contributed by atoms with E-state index >= 15 is 0 Å². The minimum atomic E-state index is -0.195. The molecule has 5 rings (SSSR count). The Morgan fingerprint density at radius 2 is 1.89 bits per heavy atom. The number of aryl methyl sites for hydroxylation is 1. The summed E-state index contributed by atoms with van der Waals surface area (Å²) in [6.45, 7) is 6.43. The van der Waals surface area contributed by atoms with E-state index in [1.807, 2.05) is 50.4 Å². The van der Waals surface area contributed by atoms with Crippen LogP contribution < -0.4 is 5.69 Å². The van der Waals surface area contributed by atoms with Gasteiger partial charge in [0.2, 0.25) is 5.82 Å². The molecule has 0 saturated carbocycles. The molecule has 4 aromatic heterocycles. The van der Waals surface area contributed by atoms with Crippen LogP contribution in [0, 0.1) is 0 Å². The van der Waals surface area contributed by atoms with Crippen molar-refractivity contribution in [3.8, 4) is 28.5 Å². The predicted octanol–water partition coefficient (Wildman–Crippen LogP) is 2.84. The summed E-state index contributed by atoms with van der Waals surface area (Å²) >= 11 is 0. The summed E-state index contributed by atoms with van der Waals surface area (Å²) in [7, 11) is 0. The molecule has 1 N–H and O–H groups in total. The van der Waals surface area contributed by atoms with E-state index < -0.39 is 0 Å². The van der Waals surface area contributed by atoms with Gasteiger partial charge in [-0.25, -0.2) is 14.0 Å². The maximum Gasteiger partial charge on any atom is 0.335 e. The van der Waals surface area contributed by atoms with E-state index in [9.17, 15) is 4.79 Å². The van der Waals surface area contributed by atoms with Crippen molar-refractivity contribution >= 4 is 0 Å². The molecule has 0 amide bonds. The summed E-state index contributed by atoms with van der Waals surface area (Å²) < 4.78 is 4.97. The van der Waals surface area contributed by atoms with E-state index in [0.717, 1.165) is 47.2 Å². The lowest BCUT2D eigenvalue weighted by Crippen LogP contribution is -2.27. The molecule has 184 valence electrons. The van der Waals surface area contributed by atoms with E-state index in [-0.39, 0.29) is 11.7 Å². The predicted molar refractivity (Wildman–Crippen MR) is 132 cm³/mol. The van der Waals surface area contributed by atoms with Crippen molar-refractivity contribution in [2.24, 2.45) is 0 Å². The number of benzene rings is 1. The second kappa shape index (κ2) is 10.0. The Bertz CT molecular complexity index is 1510. The largest absolute Gasteiger partial charge is 0.335 e. The zero-order chi connectivity index (χ0) is 25.1.